The molecular formula is C20H26O4. The van der Waals surface area contributed by atoms with Gasteiger partial charge in [0.05, 0.1) is 32.0 Å². The molecule has 4 heteroatoms. The third-order valence-corrected chi connectivity index (χ3v) is 4.42. The molecule has 0 radical (unpaired) electrons. The van der Waals surface area contributed by atoms with E-state index in [0.717, 1.165) is 17.7 Å². The summed E-state index contributed by atoms with van der Waals surface area (Å²) in [4.78, 5) is 0. The van der Waals surface area contributed by atoms with Crippen LogP contribution in [-0.2, 0) is 14.2 Å². The Morgan fingerprint density at radius 3 is 2.46 bits per heavy atom. The maximum absolute atomic E-state index is 6.26. The van der Waals surface area contributed by atoms with Crippen LogP contribution in [0.1, 0.15) is 31.9 Å². The predicted octanol–water partition coefficient (Wildman–Crippen LogP) is 4.12. The Kier molecular flexibility index (Phi) is 5.39. The summed E-state index contributed by atoms with van der Waals surface area (Å²) in [7, 11) is 3.40. The van der Waals surface area contributed by atoms with E-state index in [9.17, 15) is 0 Å². The summed E-state index contributed by atoms with van der Waals surface area (Å²) in [5.41, 5.74) is 1.08. The molecule has 3 atom stereocenters. The van der Waals surface area contributed by atoms with E-state index in [1.165, 1.54) is 10.8 Å². The highest BCUT2D eigenvalue weighted by atomic mass is 16.6. The number of methoxy groups -OCH3 is 2. The minimum absolute atomic E-state index is 0.0335. The van der Waals surface area contributed by atoms with Gasteiger partial charge in [-0.05, 0) is 36.8 Å². The lowest BCUT2D eigenvalue weighted by atomic mass is 9.99. The van der Waals surface area contributed by atoms with Gasteiger partial charge < -0.3 is 18.9 Å². The van der Waals surface area contributed by atoms with Gasteiger partial charge in [0, 0.05) is 19.1 Å². The molecular weight excluding hydrogens is 304 g/mol. The lowest BCUT2D eigenvalue weighted by Gasteiger charge is -2.20. The van der Waals surface area contributed by atoms with Crippen molar-refractivity contribution in [3.63, 3.8) is 0 Å². The summed E-state index contributed by atoms with van der Waals surface area (Å²) < 4.78 is 23.2. The molecule has 130 valence electrons. The molecule has 0 saturated carbocycles. The molecule has 24 heavy (non-hydrogen) atoms. The van der Waals surface area contributed by atoms with Gasteiger partial charge in [0.2, 0.25) is 0 Å². The summed E-state index contributed by atoms with van der Waals surface area (Å²) in [6.45, 7) is 4.63. The number of ether oxygens (including phenoxy) is 4. The second kappa shape index (κ2) is 7.51. The van der Waals surface area contributed by atoms with Crippen molar-refractivity contribution in [2.75, 3.05) is 20.8 Å². The first kappa shape index (κ1) is 17.2. The fourth-order valence-corrected chi connectivity index (χ4v) is 3.39. The number of hydrogen-bond acceptors (Lipinski definition) is 4. The van der Waals surface area contributed by atoms with Crippen molar-refractivity contribution in [3.05, 3.63) is 42.0 Å². The summed E-state index contributed by atoms with van der Waals surface area (Å²) in [6.07, 6.45) is 0.898. The van der Waals surface area contributed by atoms with Crippen LogP contribution in [0.4, 0.5) is 0 Å². The Bertz CT molecular complexity index is 682. The lowest BCUT2D eigenvalue weighted by Crippen LogP contribution is -2.30. The van der Waals surface area contributed by atoms with Crippen LogP contribution < -0.4 is 4.74 Å². The largest absolute Gasteiger partial charge is 0.496 e. The first-order chi connectivity index (χ1) is 11.6. The molecule has 1 aliphatic heterocycles. The zero-order chi connectivity index (χ0) is 17.1. The highest BCUT2D eigenvalue weighted by molar-refractivity contribution is 5.85. The molecule has 0 aromatic heterocycles. The fraction of sp³-hybridized carbons (Fsp3) is 0.500. The molecule has 2 aromatic carbocycles. The van der Waals surface area contributed by atoms with Crippen LogP contribution in [-0.4, -0.2) is 39.1 Å². The Labute approximate surface area is 143 Å². The standard InChI is InChI=1S/C20H26O4/c1-13(2)23-19-11-18(24-20(19)12-21-3)16-9-14-7-5-6-8-15(14)10-17(16)22-4/h5-10,13,18-20H,11-12H2,1-4H3/t18-,19?,20-/m1/s1. The lowest BCUT2D eigenvalue weighted by molar-refractivity contribution is -0.0717. The van der Waals surface area contributed by atoms with Crippen LogP contribution in [0.15, 0.2) is 36.4 Å². The topological polar surface area (TPSA) is 36.9 Å². The van der Waals surface area contributed by atoms with Crippen LogP contribution in [0.3, 0.4) is 0 Å². The van der Waals surface area contributed by atoms with E-state index in [4.69, 9.17) is 18.9 Å². The molecule has 1 saturated heterocycles. The quantitative estimate of drug-likeness (QED) is 0.798. The first-order valence-corrected chi connectivity index (χ1v) is 8.49. The van der Waals surface area contributed by atoms with E-state index in [1.54, 1.807) is 14.2 Å². The van der Waals surface area contributed by atoms with Crippen LogP contribution >= 0.6 is 0 Å². The molecule has 0 spiro atoms. The third kappa shape index (κ3) is 3.56. The second-order valence-corrected chi connectivity index (χ2v) is 6.52. The maximum atomic E-state index is 6.26. The average molecular weight is 330 g/mol. The Hall–Kier alpha value is -1.62. The Morgan fingerprint density at radius 1 is 1.12 bits per heavy atom. The van der Waals surface area contributed by atoms with Crippen molar-refractivity contribution < 1.29 is 18.9 Å². The molecule has 1 unspecified atom stereocenters. The van der Waals surface area contributed by atoms with Crippen molar-refractivity contribution >= 4 is 10.8 Å². The Balaban J connectivity index is 1.91. The van der Waals surface area contributed by atoms with Gasteiger partial charge in [-0.1, -0.05) is 24.3 Å². The van der Waals surface area contributed by atoms with Crippen LogP contribution in [0.25, 0.3) is 10.8 Å². The molecule has 1 heterocycles. The predicted molar refractivity (Wildman–Crippen MR) is 94.6 cm³/mol. The normalized spacial score (nSPS) is 24.0. The van der Waals surface area contributed by atoms with E-state index in [-0.39, 0.29) is 24.4 Å². The molecule has 0 aliphatic carbocycles. The van der Waals surface area contributed by atoms with Crippen molar-refractivity contribution in [2.45, 2.75) is 44.7 Å². The van der Waals surface area contributed by atoms with Gasteiger partial charge in [-0.15, -0.1) is 0 Å². The van der Waals surface area contributed by atoms with E-state index in [1.807, 2.05) is 26.0 Å². The summed E-state index contributed by atoms with van der Waals surface area (Å²) in [5, 5.41) is 2.35. The van der Waals surface area contributed by atoms with E-state index in [0.29, 0.717) is 6.61 Å². The highest BCUT2D eigenvalue weighted by Crippen LogP contribution is 2.40. The molecule has 1 aliphatic rings. The number of fused-ring (bicyclic) bond motifs is 1. The number of hydrogen-bond donors (Lipinski definition) is 0. The van der Waals surface area contributed by atoms with Gasteiger partial charge in [-0.25, -0.2) is 0 Å². The zero-order valence-electron chi connectivity index (χ0n) is 14.8. The number of benzene rings is 2. The molecule has 0 bridgehead atoms. The van der Waals surface area contributed by atoms with E-state index >= 15 is 0 Å². The van der Waals surface area contributed by atoms with Crippen molar-refractivity contribution in [1.82, 2.24) is 0 Å². The van der Waals surface area contributed by atoms with Gasteiger partial charge in [0.25, 0.3) is 0 Å². The van der Waals surface area contributed by atoms with Crippen LogP contribution in [0.5, 0.6) is 5.75 Å². The van der Waals surface area contributed by atoms with Crippen molar-refractivity contribution in [2.24, 2.45) is 0 Å². The number of rotatable bonds is 6. The highest BCUT2D eigenvalue weighted by Gasteiger charge is 2.38. The molecule has 4 nitrogen and oxygen atoms in total. The minimum Gasteiger partial charge on any atom is -0.496 e. The zero-order valence-corrected chi connectivity index (χ0v) is 14.8. The van der Waals surface area contributed by atoms with E-state index in [2.05, 4.69) is 24.3 Å². The maximum Gasteiger partial charge on any atom is 0.125 e. The van der Waals surface area contributed by atoms with E-state index < -0.39 is 0 Å². The van der Waals surface area contributed by atoms with Crippen molar-refractivity contribution in [1.29, 1.82) is 0 Å². The van der Waals surface area contributed by atoms with Crippen LogP contribution in [0, 0.1) is 0 Å². The molecule has 2 aromatic rings. The molecule has 0 amide bonds. The molecule has 3 rings (SSSR count). The first-order valence-electron chi connectivity index (χ1n) is 8.49. The van der Waals surface area contributed by atoms with Gasteiger partial charge in [0.1, 0.15) is 11.9 Å². The molecule has 0 N–H and O–H groups in total. The smallest absolute Gasteiger partial charge is 0.125 e. The molecule has 1 fully saturated rings. The van der Waals surface area contributed by atoms with Gasteiger partial charge >= 0.3 is 0 Å². The summed E-state index contributed by atoms with van der Waals surface area (Å²) in [5.74, 6) is 0.861. The minimum atomic E-state index is -0.0569. The summed E-state index contributed by atoms with van der Waals surface area (Å²) in [6, 6.07) is 12.5. The average Bonchev–Trinajstić information content (AvgIpc) is 2.95. The van der Waals surface area contributed by atoms with Gasteiger partial charge in [-0.3, -0.25) is 0 Å². The van der Waals surface area contributed by atoms with Crippen LogP contribution in [0.2, 0.25) is 0 Å². The monoisotopic (exact) mass is 330 g/mol. The SMILES string of the molecule is COC[C@H]1O[C@@H](c2cc3ccccc3cc2OC)CC1OC(C)C. The van der Waals surface area contributed by atoms with Crippen molar-refractivity contribution in [3.8, 4) is 5.75 Å². The Morgan fingerprint density at radius 2 is 1.83 bits per heavy atom. The van der Waals surface area contributed by atoms with Gasteiger partial charge in [0.15, 0.2) is 0 Å². The van der Waals surface area contributed by atoms with Gasteiger partial charge in [-0.2, -0.15) is 0 Å². The fourth-order valence-electron chi connectivity index (χ4n) is 3.39. The second-order valence-electron chi connectivity index (χ2n) is 6.52. The third-order valence-electron chi connectivity index (χ3n) is 4.42. The summed E-state index contributed by atoms with van der Waals surface area (Å²) >= 11 is 0.